The highest BCUT2D eigenvalue weighted by Crippen LogP contribution is 2.18. The van der Waals surface area contributed by atoms with Crippen LogP contribution in [0.1, 0.15) is 23.0 Å². The van der Waals surface area contributed by atoms with Crippen molar-refractivity contribution in [2.24, 2.45) is 0 Å². The number of ether oxygens (including phenoxy) is 2. The largest absolute Gasteiger partial charge is 0.462 e. The molecule has 0 saturated heterocycles. The molecule has 1 aromatic carbocycles. The van der Waals surface area contributed by atoms with Crippen LogP contribution in [0.5, 0.6) is 0 Å². The monoisotopic (exact) mass is 312 g/mol. The van der Waals surface area contributed by atoms with Crippen molar-refractivity contribution >= 4 is 11.7 Å². The Morgan fingerprint density at radius 2 is 2.04 bits per heavy atom. The molecule has 7 nitrogen and oxygen atoms in total. The molecule has 0 unspecified atom stereocenters. The van der Waals surface area contributed by atoms with E-state index in [0.717, 1.165) is 5.56 Å². The van der Waals surface area contributed by atoms with Crippen molar-refractivity contribution in [3.63, 3.8) is 0 Å². The summed E-state index contributed by atoms with van der Waals surface area (Å²) in [5.74, 6) is 0.492. The number of esters is 1. The van der Waals surface area contributed by atoms with Crippen LogP contribution >= 0.6 is 0 Å². The second-order valence-corrected chi connectivity index (χ2v) is 4.79. The van der Waals surface area contributed by atoms with E-state index in [9.17, 15) is 4.79 Å². The van der Waals surface area contributed by atoms with E-state index in [4.69, 9.17) is 9.47 Å². The van der Waals surface area contributed by atoms with Crippen molar-refractivity contribution in [3.05, 3.63) is 47.8 Å². The quantitative estimate of drug-likeness (QED) is 0.671. The Morgan fingerprint density at radius 3 is 2.74 bits per heavy atom. The predicted molar refractivity (Wildman–Crippen MR) is 82.9 cm³/mol. The summed E-state index contributed by atoms with van der Waals surface area (Å²) in [5.41, 5.74) is 1.76. The first-order chi connectivity index (χ1) is 11.2. The summed E-state index contributed by atoms with van der Waals surface area (Å²) in [4.78, 5) is 20.7. The minimum Gasteiger partial charge on any atom is -0.462 e. The summed E-state index contributed by atoms with van der Waals surface area (Å²) in [7, 11) is 1.55. The van der Waals surface area contributed by atoms with Gasteiger partial charge in [-0.05, 0) is 6.92 Å². The SMILES string of the molecule is CCOC(=O)c1cnc2nc(-c3ccccc3)nn2c1COC. The van der Waals surface area contributed by atoms with Gasteiger partial charge in [0, 0.05) is 18.9 Å². The lowest BCUT2D eigenvalue weighted by Crippen LogP contribution is -2.14. The van der Waals surface area contributed by atoms with Crippen LogP contribution < -0.4 is 0 Å². The van der Waals surface area contributed by atoms with E-state index >= 15 is 0 Å². The first-order valence-electron chi connectivity index (χ1n) is 7.20. The second kappa shape index (κ2) is 6.53. The van der Waals surface area contributed by atoms with Crippen LogP contribution in [0.3, 0.4) is 0 Å². The molecule has 23 heavy (non-hydrogen) atoms. The Labute approximate surface area is 132 Å². The van der Waals surface area contributed by atoms with Gasteiger partial charge in [-0.2, -0.15) is 9.50 Å². The zero-order valence-electron chi connectivity index (χ0n) is 12.9. The Hall–Kier alpha value is -2.80. The number of hydrogen-bond donors (Lipinski definition) is 0. The molecule has 0 fully saturated rings. The fraction of sp³-hybridized carbons (Fsp3) is 0.250. The van der Waals surface area contributed by atoms with E-state index < -0.39 is 5.97 Å². The standard InChI is InChI=1S/C16H16N4O3/c1-3-23-15(21)12-9-17-16-18-14(11-7-5-4-6-8-11)19-20(16)13(12)10-22-2/h4-9H,3,10H2,1-2H3. The topological polar surface area (TPSA) is 78.6 Å². The molecule has 2 aromatic heterocycles. The Kier molecular flexibility index (Phi) is 4.29. The van der Waals surface area contributed by atoms with Gasteiger partial charge in [0.2, 0.25) is 0 Å². The highest BCUT2D eigenvalue weighted by atomic mass is 16.5. The van der Waals surface area contributed by atoms with Gasteiger partial charge >= 0.3 is 5.97 Å². The Bertz CT molecular complexity index is 830. The molecule has 0 aliphatic carbocycles. The third-order valence-electron chi connectivity index (χ3n) is 3.27. The Morgan fingerprint density at radius 1 is 1.26 bits per heavy atom. The molecule has 0 N–H and O–H groups in total. The van der Waals surface area contributed by atoms with Crippen LogP contribution in [0, 0.1) is 0 Å². The van der Waals surface area contributed by atoms with Gasteiger partial charge < -0.3 is 9.47 Å². The summed E-state index contributed by atoms with van der Waals surface area (Å²) in [6.07, 6.45) is 1.45. The normalized spacial score (nSPS) is 10.9. The lowest BCUT2D eigenvalue weighted by Gasteiger charge is -2.08. The molecular formula is C16H16N4O3. The summed E-state index contributed by atoms with van der Waals surface area (Å²) >= 11 is 0. The average molecular weight is 312 g/mol. The third kappa shape index (κ3) is 2.91. The van der Waals surface area contributed by atoms with Gasteiger partial charge in [0.1, 0.15) is 5.56 Å². The molecule has 118 valence electrons. The van der Waals surface area contributed by atoms with Gasteiger partial charge in [0.15, 0.2) is 5.82 Å². The summed E-state index contributed by atoms with van der Waals surface area (Å²) in [6, 6.07) is 9.57. The maximum atomic E-state index is 12.1. The van der Waals surface area contributed by atoms with Crippen molar-refractivity contribution in [1.82, 2.24) is 19.6 Å². The molecule has 0 bridgehead atoms. The molecular weight excluding hydrogens is 296 g/mol. The van der Waals surface area contributed by atoms with Gasteiger partial charge in [-0.1, -0.05) is 30.3 Å². The minimum atomic E-state index is -0.453. The number of methoxy groups -OCH3 is 1. The molecule has 7 heteroatoms. The summed E-state index contributed by atoms with van der Waals surface area (Å²) < 4.78 is 11.8. The highest BCUT2D eigenvalue weighted by molar-refractivity contribution is 5.90. The number of benzene rings is 1. The Balaban J connectivity index is 2.14. The number of rotatable bonds is 5. The van der Waals surface area contributed by atoms with E-state index in [1.54, 1.807) is 14.0 Å². The molecule has 3 rings (SSSR count). The number of fused-ring (bicyclic) bond motifs is 1. The number of nitrogens with zero attached hydrogens (tertiary/aromatic N) is 4. The van der Waals surface area contributed by atoms with Crippen molar-refractivity contribution in [3.8, 4) is 11.4 Å². The number of carbonyl (C=O) groups excluding carboxylic acids is 1. The molecule has 0 saturated carbocycles. The van der Waals surface area contributed by atoms with E-state index in [-0.39, 0.29) is 13.2 Å². The molecule has 0 amide bonds. The van der Waals surface area contributed by atoms with Gasteiger partial charge in [-0.3, -0.25) is 0 Å². The first kappa shape index (κ1) is 15.1. The van der Waals surface area contributed by atoms with E-state index in [0.29, 0.717) is 22.9 Å². The summed E-state index contributed by atoms with van der Waals surface area (Å²) in [6.45, 7) is 2.24. The molecule has 0 spiro atoms. The van der Waals surface area contributed by atoms with Gasteiger partial charge in [-0.15, -0.1) is 5.10 Å². The number of aromatic nitrogens is 4. The van der Waals surface area contributed by atoms with E-state index in [1.807, 2.05) is 30.3 Å². The smallest absolute Gasteiger partial charge is 0.341 e. The van der Waals surface area contributed by atoms with Crippen molar-refractivity contribution in [2.45, 2.75) is 13.5 Å². The summed E-state index contributed by atoms with van der Waals surface area (Å²) in [5, 5.41) is 4.46. The van der Waals surface area contributed by atoms with Crippen LogP contribution in [0.15, 0.2) is 36.5 Å². The zero-order chi connectivity index (χ0) is 16.2. The fourth-order valence-electron chi connectivity index (χ4n) is 2.24. The lowest BCUT2D eigenvalue weighted by atomic mass is 10.2. The molecule has 3 aromatic rings. The minimum absolute atomic E-state index is 0.199. The first-order valence-corrected chi connectivity index (χ1v) is 7.20. The lowest BCUT2D eigenvalue weighted by molar-refractivity contribution is 0.0519. The molecule has 0 aliphatic rings. The second-order valence-electron chi connectivity index (χ2n) is 4.79. The van der Waals surface area contributed by atoms with E-state index in [2.05, 4.69) is 15.1 Å². The predicted octanol–water partition coefficient (Wildman–Crippen LogP) is 2.11. The maximum Gasteiger partial charge on any atom is 0.341 e. The van der Waals surface area contributed by atoms with E-state index in [1.165, 1.54) is 10.7 Å². The van der Waals surface area contributed by atoms with Crippen LogP contribution in [0.4, 0.5) is 0 Å². The number of carbonyl (C=O) groups is 1. The van der Waals surface area contributed by atoms with Gasteiger partial charge in [0.05, 0.1) is 18.9 Å². The van der Waals surface area contributed by atoms with Gasteiger partial charge in [-0.25, -0.2) is 9.78 Å². The van der Waals surface area contributed by atoms with Crippen molar-refractivity contribution in [2.75, 3.05) is 13.7 Å². The van der Waals surface area contributed by atoms with Crippen LogP contribution in [0.2, 0.25) is 0 Å². The van der Waals surface area contributed by atoms with Crippen LogP contribution in [0.25, 0.3) is 17.2 Å². The van der Waals surface area contributed by atoms with Gasteiger partial charge in [0.25, 0.3) is 5.78 Å². The molecule has 0 radical (unpaired) electrons. The van der Waals surface area contributed by atoms with Crippen LogP contribution in [-0.4, -0.2) is 39.3 Å². The zero-order valence-corrected chi connectivity index (χ0v) is 12.9. The van der Waals surface area contributed by atoms with Crippen LogP contribution in [-0.2, 0) is 16.1 Å². The molecule has 0 atom stereocenters. The molecule has 0 aliphatic heterocycles. The molecule has 2 heterocycles. The number of hydrogen-bond acceptors (Lipinski definition) is 6. The fourth-order valence-corrected chi connectivity index (χ4v) is 2.24. The van der Waals surface area contributed by atoms with Crippen molar-refractivity contribution in [1.29, 1.82) is 0 Å². The average Bonchev–Trinajstić information content (AvgIpc) is 3.01. The maximum absolute atomic E-state index is 12.1. The third-order valence-corrected chi connectivity index (χ3v) is 3.27. The van der Waals surface area contributed by atoms with Crippen molar-refractivity contribution < 1.29 is 14.3 Å². The highest BCUT2D eigenvalue weighted by Gasteiger charge is 2.19.